The van der Waals surface area contributed by atoms with Crippen molar-refractivity contribution in [2.45, 2.75) is 23.3 Å². The number of rotatable bonds is 2. The third kappa shape index (κ3) is 2.52. The van der Waals surface area contributed by atoms with Gasteiger partial charge in [0.1, 0.15) is 5.60 Å². The molecule has 0 saturated carbocycles. The summed E-state index contributed by atoms with van der Waals surface area (Å²) in [7, 11) is -2.16. The number of nitrogens with zero attached hydrogens (tertiary/aromatic N) is 2. The summed E-state index contributed by atoms with van der Waals surface area (Å²) in [5.74, 6) is -0.542. The van der Waals surface area contributed by atoms with Crippen LogP contribution in [0.1, 0.15) is 12.8 Å². The monoisotopic (exact) mass is 367 g/mol. The van der Waals surface area contributed by atoms with Crippen molar-refractivity contribution in [3.8, 4) is 0 Å². The smallest absolute Gasteiger partial charge is 0.419 e. The van der Waals surface area contributed by atoms with E-state index in [4.69, 9.17) is 9.15 Å². The number of fused-ring (bicyclic) bond motifs is 1. The number of alkyl carbamates (subject to hydrolysis) is 1. The second kappa shape index (κ2) is 5.33. The first-order valence-electron chi connectivity index (χ1n) is 7.87. The van der Waals surface area contributed by atoms with Crippen LogP contribution in [0.15, 0.2) is 32.3 Å². The second-order valence-electron chi connectivity index (χ2n) is 6.39. The minimum atomic E-state index is -3.72. The largest absolute Gasteiger partial charge is 0.441 e. The van der Waals surface area contributed by atoms with Gasteiger partial charge in [-0.2, -0.15) is 4.31 Å². The number of hydrogen-bond acceptors (Lipinski definition) is 6. The molecule has 25 heavy (non-hydrogen) atoms. The molecule has 1 aromatic carbocycles. The molecular weight excluding hydrogens is 350 g/mol. The van der Waals surface area contributed by atoms with Gasteiger partial charge in [0.15, 0.2) is 5.58 Å². The Hall–Kier alpha value is -2.33. The van der Waals surface area contributed by atoms with Crippen LogP contribution >= 0.6 is 0 Å². The van der Waals surface area contributed by atoms with Crippen molar-refractivity contribution >= 4 is 27.2 Å². The molecule has 134 valence electrons. The van der Waals surface area contributed by atoms with Gasteiger partial charge in [-0.25, -0.2) is 18.0 Å². The zero-order valence-electron chi connectivity index (χ0n) is 13.5. The van der Waals surface area contributed by atoms with Crippen molar-refractivity contribution < 1.29 is 22.4 Å². The number of carbonyl (C=O) groups is 1. The number of aryl methyl sites for hydroxylation is 1. The van der Waals surface area contributed by atoms with Gasteiger partial charge in [-0.15, -0.1) is 0 Å². The number of oxazole rings is 1. The number of ether oxygens (including phenoxy) is 1. The number of nitrogens with one attached hydrogen (secondary N) is 1. The molecular formula is C15H17N3O6S. The highest BCUT2D eigenvalue weighted by molar-refractivity contribution is 7.89. The molecule has 4 rings (SSSR count). The summed E-state index contributed by atoms with van der Waals surface area (Å²) in [6, 6.07) is 4.39. The number of piperidine rings is 1. The van der Waals surface area contributed by atoms with Gasteiger partial charge in [-0.05, 0) is 12.1 Å². The van der Waals surface area contributed by atoms with Crippen LogP contribution in [-0.4, -0.2) is 48.6 Å². The summed E-state index contributed by atoms with van der Waals surface area (Å²) >= 11 is 0. The summed E-state index contributed by atoms with van der Waals surface area (Å²) < 4.78 is 38.8. The zero-order chi connectivity index (χ0) is 17.8. The normalized spacial score (nSPS) is 20.8. The molecule has 0 bridgehead atoms. The predicted molar refractivity (Wildman–Crippen MR) is 86.7 cm³/mol. The first-order chi connectivity index (χ1) is 11.8. The van der Waals surface area contributed by atoms with Crippen molar-refractivity contribution in [1.82, 2.24) is 14.2 Å². The van der Waals surface area contributed by atoms with Crippen LogP contribution in [0.5, 0.6) is 0 Å². The summed E-state index contributed by atoms with van der Waals surface area (Å²) in [6.07, 6.45) is 0.419. The van der Waals surface area contributed by atoms with Crippen molar-refractivity contribution in [1.29, 1.82) is 0 Å². The molecule has 2 aliphatic rings. The van der Waals surface area contributed by atoms with Crippen LogP contribution < -0.4 is 11.1 Å². The van der Waals surface area contributed by atoms with Gasteiger partial charge in [-0.3, -0.25) is 4.57 Å². The highest BCUT2D eigenvalue weighted by atomic mass is 32.2. The minimum absolute atomic E-state index is 0.0758. The van der Waals surface area contributed by atoms with E-state index >= 15 is 0 Å². The van der Waals surface area contributed by atoms with Crippen molar-refractivity contribution in [2.75, 3.05) is 19.6 Å². The number of amides is 1. The summed E-state index contributed by atoms with van der Waals surface area (Å²) in [5, 5.41) is 2.62. The molecule has 2 fully saturated rings. The average Bonchev–Trinajstić information content (AvgIpc) is 3.08. The van der Waals surface area contributed by atoms with E-state index in [1.807, 2.05) is 0 Å². The molecule has 1 aromatic heterocycles. The standard InChI is InChI=1S/C15H17N3O6S/c1-17-11-3-2-10(8-12(11)23-14(17)20)25(21,22)18-6-4-15(5-7-18)9-16-13(19)24-15/h2-3,8H,4-7,9H2,1H3,(H,16,19). The van der Waals surface area contributed by atoms with Gasteiger partial charge in [0.25, 0.3) is 0 Å². The van der Waals surface area contributed by atoms with Crippen LogP contribution in [0.4, 0.5) is 4.79 Å². The number of sulfonamides is 1. The Bertz CT molecular complexity index is 1010. The lowest BCUT2D eigenvalue weighted by Crippen LogP contribution is -2.48. The average molecular weight is 367 g/mol. The number of hydrogen-bond donors (Lipinski definition) is 1. The molecule has 2 aromatic rings. The lowest BCUT2D eigenvalue weighted by atomic mass is 9.93. The number of carbonyl (C=O) groups excluding carboxylic acids is 1. The summed E-state index contributed by atoms with van der Waals surface area (Å²) in [4.78, 5) is 22.9. The Kier molecular flexibility index (Phi) is 3.45. The Morgan fingerprint density at radius 1 is 1.20 bits per heavy atom. The SMILES string of the molecule is Cn1c(=O)oc2cc(S(=O)(=O)N3CCC4(CC3)CNC(=O)O4)ccc21. The second-order valence-corrected chi connectivity index (χ2v) is 8.32. The first-order valence-corrected chi connectivity index (χ1v) is 9.31. The maximum Gasteiger partial charge on any atom is 0.419 e. The number of aromatic nitrogens is 1. The molecule has 1 spiro atoms. The van der Waals surface area contributed by atoms with Crippen LogP contribution in [0.2, 0.25) is 0 Å². The van der Waals surface area contributed by atoms with E-state index in [9.17, 15) is 18.0 Å². The quantitative estimate of drug-likeness (QED) is 0.822. The fourth-order valence-electron chi connectivity index (χ4n) is 3.34. The van der Waals surface area contributed by atoms with E-state index in [-0.39, 0.29) is 23.6 Å². The Labute approximate surface area is 143 Å². The van der Waals surface area contributed by atoms with Crippen LogP contribution in [0.25, 0.3) is 11.1 Å². The topological polar surface area (TPSA) is 111 Å². The van der Waals surface area contributed by atoms with Crippen LogP contribution in [-0.2, 0) is 21.8 Å². The highest BCUT2D eigenvalue weighted by Gasteiger charge is 2.45. The van der Waals surface area contributed by atoms with E-state index < -0.39 is 27.5 Å². The highest BCUT2D eigenvalue weighted by Crippen LogP contribution is 2.32. The fourth-order valence-corrected chi connectivity index (χ4v) is 4.80. The lowest BCUT2D eigenvalue weighted by Gasteiger charge is -2.36. The predicted octanol–water partition coefficient (Wildman–Crippen LogP) is 0.395. The van der Waals surface area contributed by atoms with Crippen molar-refractivity contribution in [2.24, 2.45) is 7.05 Å². The van der Waals surface area contributed by atoms with Crippen LogP contribution in [0, 0.1) is 0 Å². The Balaban J connectivity index is 1.60. The van der Waals surface area contributed by atoms with E-state index in [1.54, 1.807) is 13.1 Å². The molecule has 10 heteroatoms. The van der Waals surface area contributed by atoms with Gasteiger partial charge in [0.2, 0.25) is 10.0 Å². The van der Waals surface area contributed by atoms with E-state index in [0.717, 1.165) is 0 Å². The van der Waals surface area contributed by atoms with Gasteiger partial charge >= 0.3 is 11.8 Å². The molecule has 0 unspecified atom stereocenters. The lowest BCUT2D eigenvalue weighted by molar-refractivity contribution is 0.0173. The van der Waals surface area contributed by atoms with Gasteiger partial charge in [0, 0.05) is 39.0 Å². The molecule has 1 amide bonds. The fraction of sp³-hybridized carbons (Fsp3) is 0.467. The summed E-state index contributed by atoms with van der Waals surface area (Å²) in [5.41, 5.74) is 0.153. The molecule has 1 N–H and O–H groups in total. The Morgan fingerprint density at radius 2 is 1.92 bits per heavy atom. The van der Waals surface area contributed by atoms with Gasteiger partial charge < -0.3 is 14.5 Å². The molecule has 9 nitrogen and oxygen atoms in total. The third-order valence-electron chi connectivity index (χ3n) is 4.90. The summed E-state index contributed by atoms with van der Waals surface area (Å²) in [6.45, 7) is 0.920. The molecule has 0 aliphatic carbocycles. The van der Waals surface area contributed by atoms with Gasteiger partial charge in [-0.1, -0.05) is 0 Å². The Morgan fingerprint density at radius 3 is 2.56 bits per heavy atom. The maximum atomic E-state index is 12.9. The number of benzene rings is 1. The first kappa shape index (κ1) is 16.2. The maximum absolute atomic E-state index is 12.9. The van der Waals surface area contributed by atoms with Crippen LogP contribution in [0.3, 0.4) is 0 Å². The molecule has 0 radical (unpaired) electrons. The van der Waals surface area contributed by atoms with E-state index in [1.165, 1.54) is 21.0 Å². The third-order valence-corrected chi connectivity index (χ3v) is 6.79. The van der Waals surface area contributed by atoms with Gasteiger partial charge in [0.05, 0.1) is 17.0 Å². The van der Waals surface area contributed by atoms with E-state index in [2.05, 4.69) is 5.32 Å². The molecule has 2 saturated heterocycles. The molecule has 2 aliphatic heterocycles. The molecule has 0 atom stereocenters. The van der Waals surface area contributed by atoms with Crippen molar-refractivity contribution in [3.63, 3.8) is 0 Å². The molecule has 3 heterocycles. The minimum Gasteiger partial charge on any atom is -0.441 e. The van der Waals surface area contributed by atoms with Crippen molar-refractivity contribution in [3.05, 3.63) is 28.7 Å². The zero-order valence-corrected chi connectivity index (χ0v) is 14.3. The van der Waals surface area contributed by atoms with E-state index in [0.29, 0.717) is 24.9 Å².